The van der Waals surface area contributed by atoms with E-state index in [4.69, 9.17) is 0 Å². The zero-order chi connectivity index (χ0) is 9.10. The first-order chi connectivity index (χ1) is 6.36. The van der Waals surface area contributed by atoms with E-state index in [1.54, 1.807) is 0 Å². The molecule has 2 aliphatic heterocycles. The van der Waals surface area contributed by atoms with Gasteiger partial charge in [0.2, 0.25) is 0 Å². The van der Waals surface area contributed by atoms with E-state index in [9.17, 15) is 0 Å². The van der Waals surface area contributed by atoms with Crippen LogP contribution in [0.5, 0.6) is 0 Å². The van der Waals surface area contributed by atoms with E-state index >= 15 is 0 Å². The van der Waals surface area contributed by atoms with Crippen molar-refractivity contribution < 1.29 is 0 Å². The Kier molecular flexibility index (Phi) is 3.52. The molecule has 0 aromatic carbocycles. The van der Waals surface area contributed by atoms with Crippen LogP contribution in [-0.2, 0) is 0 Å². The predicted octanol–water partition coefficient (Wildman–Crippen LogP) is 1.18. The summed E-state index contributed by atoms with van der Waals surface area (Å²) in [4.78, 5) is 2.69. The van der Waals surface area contributed by atoms with Crippen molar-refractivity contribution in [1.82, 2.24) is 10.2 Å². The van der Waals surface area contributed by atoms with Gasteiger partial charge < -0.3 is 5.32 Å². The summed E-state index contributed by atoms with van der Waals surface area (Å²) in [7, 11) is 0. The summed E-state index contributed by atoms with van der Waals surface area (Å²) in [6, 6.07) is 1.57. The van der Waals surface area contributed by atoms with Gasteiger partial charge in [-0.1, -0.05) is 0 Å². The first kappa shape index (κ1) is 9.81. The van der Waals surface area contributed by atoms with E-state index < -0.39 is 0 Å². The number of nitrogens with one attached hydrogen (secondary N) is 1. The lowest BCUT2D eigenvalue weighted by atomic mass is 10.1. The molecule has 1 unspecified atom stereocenters. The SMILES string of the molecule is C[C@H]1CN(C2CCCSC2)CCN1. The van der Waals surface area contributed by atoms with E-state index in [-0.39, 0.29) is 0 Å². The van der Waals surface area contributed by atoms with E-state index in [1.807, 2.05) is 0 Å². The maximum atomic E-state index is 3.50. The molecule has 2 atom stereocenters. The molecule has 2 rings (SSSR count). The Morgan fingerprint density at radius 1 is 1.46 bits per heavy atom. The van der Waals surface area contributed by atoms with E-state index in [1.165, 1.54) is 44.0 Å². The van der Waals surface area contributed by atoms with Crippen LogP contribution >= 0.6 is 11.8 Å². The average molecular weight is 200 g/mol. The molecule has 13 heavy (non-hydrogen) atoms. The lowest BCUT2D eigenvalue weighted by Crippen LogP contribution is -2.53. The van der Waals surface area contributed by atoms with Crippen LogP contribution in [0.2, 0.25) is 0 Å². The van der Waals surface area contributed by atoms with Crippen molar-refractivity contribution >= 4 is 11.8 Å². The van der Waals surface area contributed by atoms with Crippen molar-refractivity contribution in [1.29, 1.82) is 0 Å². The highest BCUT2D eigenvalue weighted by atomic mass is 32.2. The zero-order valence-electron chi connectivity index (χ0n) is 8.46. The van der Waals surface area contributed by atoms with Crippen LogP contribution in [0.3, 0.4) is 0 Å². The monoisotopic (exact) mass is 200 g/mol. The topological polar surface area (TPSA) is 15.3 Å². The fraction of sp³-hybridized carbons (Fsp3) is 1.00. The number of thioether (sulfide) groups is 1. The Morgan fingerprint density at radius 2 is 2.38 bits per heavy atom. The Labute approximate surface area is 85.4 Å². The van der Waals surface area contributed by atoms with Crippen LogP contribution in [0.4, 0.5) is 0 Å². The summed E-state index contributed by atoms with van der Waals surface area (Å²) < 4.78 is 0. The van der Waals surface area contributed by atoms with Gasteiger partial charge in [-0.3, -0.25) is 4.90 Å². The van der Waals surface area contributed by atoms with Gasteiger partial charge in [-0.25, -0.2) is 0 Å². The molecule has 0 aromatic heterocycles. The highest BCUT2D eigenvalue weighted by molar-refractivity contribution is 7.99. The van der Waals surface area contributed by atoms with Crippen molar-refractivity contribution in [2.45, 2.75) is 31.8 Å². The maximum Gasteiger partial charge on any atom is 0.0187 e. The Bertz CT molecular complexity index is 157. The van der Waals surface area contributed by atoms with E-state index in [0.717, 1.165) is 6.04 Å². The summed E-state index contributed by atoms with van der Waals surface area (Å²) in [5.41, 5.74) is 0. The zero-order valence-corrected chi connectivity index (χ0v) is 9.28. The number of piperazine rings is 1. The van der Waals surface area contributed by atoms with Gasteiger partial charge in [0.25, 0.3) is 0 Å². The summed E-state index contributed by atoms with van der Waals surface area (Å²) in [6.07, 6.45) is 2.85. The van der Waals surface area contributed by atoms with Crippen molar-refractivity contribution in [3.63, 3.8) is 0 Å². The first-order valence-corrected chi connectivity index (χ1v) is 6.57. The quantitative estimate of drug-likeness (QED) is 0.684. The van der Waals surface area contributed by atoms with Crippen molar-refractivity contribution in [2.24, 2.45) is 0 Å². The molecule has 2 aliphatic rings. The lowest BCUT2D eigenvalue weighted by molar-refractivity contribution is 0.152. The molecule has 76 valence electrons. The van der Waals surface area contributed by atoms with Crippen LogP contribution < -0.4 is 5.32 Å². The molecule has 0 bridgehead atoms. The minimum absolute atomic E-state index is 0.695. The Morgan fingerprint density at radius 3 is 3.08 bits per heavy atom. The van der Waals surface area contributed by atoms with Crippen LogP contribution in [0, 0.1) is 0 Å². The standard InChI is InChI=1S/C10H20N2S/c1-9-7-12(5-4-11-9)10-3-2-6-13-8-10/h9-11H,2-8H2,1H3/t9-,10?/m0/s1. The number of rotatable bonds is 1. The van der Waals surface area contributed by atoms with Gasteiger partial charge in [0.1, 0.15) is 0 Å². The maximum absolute atomic E-state index is 3.50. The van der Waals surface area contributed by atoms with Crippen LogP contribution in [0.1, 0.15) is 19.8 Å². The minimum atomic E-state index is 0.695. The highest BCUT2D eigenvalue weighted by Gasteiger charge is 2.24. The second-order valence-electron chi connectivity index (χ2n) is 4.22. The molecule has 0 aromatic rings. The summed E-state index contributed by atoms with van der Waals surface area (Å²) in [5, 5.41) is 3.50. The van der Waals surface area contributed by atoms with Gasteiger partial charge in [0, 0.05) is 37.5 Å². The third-order valence-corrected chi connectivity index (χ3v) is 4.25. The molecule has 2 heterocycles. The third kappa shape index (κ3) is 2.61. The average Bonchev–Trinajstić information content (AvgIpc) is 2.19. The summed E-state index contributed by atoms with van der Waals surface area (Å²) in [6.45, 7) is 5.99. The number of hydrogen-bond donors (Lipinski definition) is 1. The molecular formula is C10H20N2S. The van der Waals surface area contributed by atoms with Crippen molar-refractivity contribution in [3.8, 4) is 0 Å². The lowest BCUT2D eigenvalue weighted by Gasteiger charge is -2.39. The number of nitrogens with zero attached hydrogens (tertiary/aromatic N) is 1. The Balaban J connectivity index is 1.83. The molecule has 2 nitrogen and oxygen atoms in total. The van der Waals surface area contributed by atoms with E-state index in [2.05, 4.69) is 28.9 Å². The highest BCUT2D eigenvalue weighted by Crippen LogP contribution is 2.22. The van der Waals surface area contributed by atoms with Gasteiger partial charge in [-0.2, -0.15) is 11.8 Å². The molecule has 0 saturated carbocycles. The van der Waals surface area contributed by atoms with Crippen LogP contribution in [0.15, 0.2) is 0 Å². The fourth-order valence-corrected chi connectivity index (χ4v) is 3.49. The van der Waals surface area contributed by atoms with Crippen molar-refractivity contribution in [2.75, 3.05) is 31.1 Å². The molecule has 0 aliphatic carbocycles. The first-order valence-electron chi connectivity index (χ1n) is 5.41. The van der Waals surface area contributed by atoms with Crippen LogP contribution in [0.25, 0.3) is 0 Å². The normalized spacial score (nSPS) is 37.6. The molecule has 0 radical (unpaired) electrons. The molecular weight excluding hydrogens is 180 g/mol. The summed E-state index contributed by atoms with van der Waals surface area (Å²) in [5.74, 6) is 2.75. The molecule has 0 spiro atoms. The summed E-state index contributed by atoms with van der Waals surface area (Å²) >= 11 is 2.14. The molecule has 2 saturated heterocycles. The minimum Gasteiger partial charge on any atom is -0.312 e. The van der Waals surface area contributed by atoms with Gasteiger partial charge in [0.15, 0.2) is 0 Å². The molecule has 2 fully saturated rings. The largest absolute Gasteiger partial charge is 0.312 e. The van der Waals surface area contributed by atoms with Gasteiger partial charge in [-0.05, 0) is 25.5 Å². The van der Waals surface area contributed by atoms with Gasteiger partial charge in [0.05, 0.1) is 0 Å². The van der Waals surface area contributed by atoms with E-state index in [0.29, 0.717) is 6.04 Å². The predicted molar refractivity (Wildman–Crippen MR) is 59.4 cm³/mol. The molecule has 1 N–H and O–H groups in total. The second kappa shape index (κ2) is 4.67. The van der Waals surface area contributed by atoms with Crippen molar-refractivity contribution in [3.05, 3.63) is 0 Å². The number of hydrogen-bond acceptors (Lipinski definition) is 3. The smallest absolute Gasteiger partial charge is 0.0187 e. The third-order valence-electron chi connectivity index (χ3n) is 3.05. The molecule has 3 heteroatoms. The van der Waals surface area contributed by atoms with Gasteiger partial charge in [-0.15, -0.1) is 0 Å². The fourth-order valence-electron chi connectivity index (χ4n) is 2.31. The van der Waals surface area contributed by atoms with Crippen LogP contribution in [-0.4, -0.2) is 48.1 Å². The second-order valence-corrected chi connectivity index (χ2v) is 5.37. The Hall–Kier alpha value is 0.270. The molecule has 0 amide bonds. The van der Waals surface area contributed by atoms with Gasteiger partial charge >= 0.3 is 0 Å².